The number of nitrogens with zero attached hydrogens (tertiary/aromatic N) is 3. The highest BCUT2D eigenvalue weighted by atomic mass is 79.9. The number of urea groups is 1. The molecule has 0 radical (unpaired) electrons. The summed E-state index contributed by atoms with van der Waals surface area (Å²) in [7, 11) is 0. The third kappa shape index (κ3) is 4.55. The normalized spacial score (nSPS) is 15.3. The Kier molecular flexibility index (Phi) is 5.86. The molecule has 1 aromatic carbocycles. The van der Waals surface area contributed by atoms with Gasteiger partial charge in [-0.15, -0.1) is 0 Å². The van der Waals surface area contributed by atoms with Gasteiger partial charge >= 0.3 is 6.03 Å². The molecule has 2 aromatic rings. The molecule has 0 unspecified atom stereocenters. The quantitative estimate of drug-likeness (QED) is 0.765. The van der Waals surface area contributed by atoms with Crippen LogP contribution in [-0.4, -0.2) is 47.0 Å². The number of hydrogen-bond acceptors (Lipinski definition) is 3. The molecule has 0 spiro atoms. The van der Waals surface area contributed by atoms with Crippen molar-refractivity contribution in [3.8, 4) is 0 Å². The fourth-order valence-corrected chi connectivity index (χ4v) is 3.79. The molecule has 1 aliphatic heterocycles. The second kappa shape index (κ2) is 8.09. The number of carbonyl (C=O) groups excluding carboxylic acids is 1. The molecule has 1 N–H and O–H groups in total. The molecule has 126 valence electrons. The van der Waals surface area contributed by atoms with Crippen LogP contribution in [0.4, 0.5) is 10.5 Å². The first-order valence-electron chi connectivity index (χ1n) is 7.74. The van der Waals surface area contributed by atoms with Crippen molar-refractivity contribution >= 4 is 43.6 Å². The molecular weight excluding hydrogens is 436 g/mol. The number of benzene rings is 1. The summed E-state index contributed by atoms with van der Waals surface area (Å²) in [6.07, 6.45) is 3.63. The lowest BCUT2D eigenvalue weighted by molar-refractivity contribution is 0.143. The summed E-state index contributed by atoms with van der Waals surface area (Å²) in [6.45, 7) is 4.10. The highest BCUT2D eigenvalue weighted by Gasteiger charge is 2.21. The van der Waals surface area contributed by atoms with Crippen LogP contribution in [0.15, 0.2) is 51.7 Å². The minimum atomic E-state index is -0.0541. The van der Waals surface area contributed by atoms with Crippen molar-refractivity contribution in [1.82, 2.24) is 14.8 Å². The van der Waals surface area contributed by atoms with Gasteiger partial charge in [0.2, 0.25) is 0 Å². The van der Waals surface area contributed by atoms with Gasteiger partial charge in [-0.1, -0.05) is 15.9 Å². The van der Waals surface area contributed by atoms with E-state index in [1.54, 1.807) is 0 Å². The van der Waals surface area contributed by atoms with Crippen LogP contribution in [0, 0.1) is 0 Å². The smallest absolute Gasteiger partial charge is 0.321 e. The van der Waals surface area contributed by atoms with Gasteiger partial charge in [-0.3, -0.25) is 9.88 Å². The summed E-state index contributed by atoms with van der Waals surface area (Å²) in [5.41, 5.74) is 2.03. The molecule has 2 heterocycles. The zero-order valence-corrected chi connectivity index (χ0v) is 16.3. The average molecular weight is 454 g/mol. The van der Waals surface area contributed by atoms with Crippen LogP contribution in [0.5, 0.6) is 0 Å². The van der Waals surface area contributed by atoms with Crippen LogP contribution in [0.2, 0.25) is 0 Å². The maximum Gasteiger partial charge on any atom is 0.321 e. The second-order valence-electron chi connectivity index (χ2n) is 5.67. The van der Waals surface area contributed by atoms with E-state index in [1.807, 2.05) is 47.6 Å². The Labute approximate surface area is 158 Å². The lowest BCUT2D eigenvalue weighted by Gasteiger charge is -2.34. The maximum atomic E-state index is 12.4. The van der Waals surface area contributed by atoms with E-state index < -0.39 is 0 Å². The van der Waals surface area contributed by atoms with Crippen LogP contribution in [0.25, 0.3) is 0 Å². The minimum absolute atomic E-state index is 0.0541. The lowest BCUT2D eigenvalue weighted by atomic mass is 10.2. The van der Waals surface area contributed by atoms with E-state index >= 15 is 0 Å². The van der Waals surface area contributed by atoms with Crippen molar-refractivity contribution in [2.24, 2.45) is 0 Å². The predicted octanol–water partition coefficient (Wildman–Crippen LogP) is 3.96. The average Bonchev–Trinajstić information content (AvgIpc) is 2.59. The van der Waals surface area contributed by atoms with E-state index in [4.69, 9.17) is 0 Å². The number of rotatable bonds is 3. The molecule has 3 rings (SSSR count). The second-order valence-corrected chi connectivity index (χ2v) is 7.44. The number of carbonyl (C=O) groups is 1. The van der Waals surface area contributed by atoms with Gasteiger partial charge in [-0.2, -0.15) is 0 Å². The van der Waals surface area contributed by atoms with Crippen LogP contribution in [0.3, 0.4) is 0 Å². The highest BCUT2D eigenvalue weighted by molar-refractivity contribution is 9.11. The SMILES string of the molecule is O=C(Nc1ccc(Br)cc1Br)N1CCN(Cc2ccncc2)CC1. The zero-order valence-electron chi connectivity index (χ0n) is 13.1. The van der Waals surface area contributed by atoms with Crippen molar-refractivity contribution < 1.29 is 4.79 Å². The minimum Gasteiger partial charge on any atom is -0.322 e. The van der Waals surface area contributed by atoms with E-state index in [-0.39, 0.29) is 6.03 Å². The van der Waals surface area contributed by atoms with Crippen molar-refractivity contribution in [3.05, 3.63) is 57.2 Å². The van der Waals surface area contributed by atoms with Gasteiger partial charge in [0.25, 0.3) is 0 Å². The van der Waals surface area contributed by atoms with Gasteiger partial charge < -0.3 is 10.2 Å². The molecule has 5 nitrogen and oxygen atoms in total. The molecule has 1 aliphatic rings. The molecule has 0 aliphatic carbocycles. The van der Waals surface area contributed by atoms with E-state index in [0.29, 0.717) is 0 Å². The van der Waals surface area contributed by atoms with E-state index in [0.717, 1.165) is 47.4 Å². The van der Waals surface area contributed by atoms with Crippen LogP contribution < -0.4 is 5.32 Å². The highest BCUT2D eigenvalue weighted by Crippen LogP contribution is 2.26. The largest absolute Gasteiger partial charge is 0.322 e. The molecule has 1 fully saturated rings. The topological polar surface area (TPSA) is 48.5 Å². The Hall–Kier alpha value is -1.44. The van der Waals surface area contributed by atoms with Crippen LogP contribution >= 0.6 is 31.9 Å². The van der Waals surface area contributed by atoms with E-state index in [2.05, 4.69) is 47.1 Å². The fraction of sp³-hybridized carbons (Fsp3) is 0.294. The third-order valence-electron chi connectivity index (χ3n) is 3.99. The zero-order chi connectivity index (χ0) is 16.9. The molecule has 2 amide bonds. The fourth-order valence-electron chi connectivity index (χ4n) is 2.64. The summed E-state index contributed by atoms with van der Waals surface area (Å²) in [5, 5.41) is 2.96. The first kappa shape index (κ1) is 17.4. The van der Waals surface area contributed by atoms with Crippen molar-refractivity contribution in [3.63, 3.8) is 0 Å². The number of anilines is 1. The molecule has 1 saturated heterocycles. The number of halogens is 2. The molecule has 0 atom stereocenters. The van der Waals surface area contributed by atoms with Crippen molar-refractivity contribution in [2.75, 3.05) is 31.5 Å². The lowest BCUT2D eigenvalue weighted by Crippen LogP contribution is -2.49. The summed E-state index contributed by atoms with van der Waals surface area (Å²) < 4.78 is 1.83. The predicted molar refractivity (Wildman–Crippen MR) is 102 cm³/mol. The summed E-state index contributed by atoms with van der Waals surface area (Å²) in [4.78, 5) is 20.7. The van der Waals surface area contributed by atoms with Crippen molar-refractivity contribution in [1.29, 1.82) is 0 Å². The molecule has 0 saturated carbocycles. The number of aromatic nitrogens is 1. The van der Waals surface area contributed by atoms with Gasteiger partial charge in [-0.05, 0) is 51.8 Å². The summed E-state index contributed by atoms with van der Waals surface area (Å²) in [6, 6.07) is 9.72. The van der Waals surface area contributed by atoms with Gasteiger partial charge in [-0.25, -0.2) is 4.79 Å². The van der Waals surface area contributed by atoms with Crippen LogP contribution in [-0.2, 0) is 6.54 Å². The van der Waals surface area contributed by atoms with Gasteiger partial charge in [0, 0.05) is 54.1 Å². The first-order valence-corrected chi connectivity index (χ1v) is 9.32. The maximum absolute atomic E-state index is 12.4. The number of pyridine rings is 1. The summed E-state index contributed by atoms with van der Waals surface area (Å²) >= 11 is 6.88. The molecule has 24 heavy (non-hydrogen) atoms. The monoisotopic (exact) mass is 452 g/mol. The number of hydrogen-bond donors (Lipinski definition) is 1. The Morgan fingerprint density at radius 2 is 1.79 bits per heavy atom. The summed E-state index contributed by atoms with van der Waals surface area (Å²) in [5.74, 6) is 0. The molecule has 0 bridgehead atoms. The molecule has 7 heteroatoms. The Bertz CT molecular complexity index is 703. The van der Waals surface area contributed by atoms with Gasteiger partial charge in [0.1, 0.15) is 0 Å². The number of nitrogens with one attached hydrogen (secondary N) is 1. The first-order chi connectivity index (χ1) is 11.6. The number of piperazine rings is 1. The molecular formula is C17H18Br2N4O. The Balaban J connectivity index is 1.51. The number of amides is 2. The third-order valence-corrected chi connectivity index (χ3v) is 5.14. The van der Waals surface area contributed by atoms with E-state index in [9.17, 15) is 4.79 Å². The molecule has 1 aromatic heterocycles. The standard InChI is InChI=1S/C17H18Br2N4O/c18-14-1-2-16(15(19)11-14)21-17(24)23-9-7-22(8-10-23)12-13-3-5-20-6-4-13/h1-6,11H,7-10,12H2,(H,21,24). The van der Waals surface area contributed by atoms with Gasteiger partial charge in [0.15, 0.2) is 0 Å². The van der Waals surface area contributed by atoms with Crippen molar-refractivity contribution in [2.45, 2.75) is 6.54 Å². The Morgan fingerprint density at radius 1 is 1.08 bits per heavy atom. The Morgan fingerprint density at radius 3 is 2.46 bits per heavy atom. The van der Waals surface area contributed by atoms with Crippen LogP contribution in [0.1, 0.15) is 5.56 Å². The van der Waals surface area contributed by atoms with E-state index in [1.165, 1.54) is 5.56 Å². The van der Waals surface area contributed by atoms with Gasteiger partial charge in [0.05, 0.1) is 5.69 Å².